The van der Waals surface area contributed by atoms with Gasteiger partial charge in [0.2, 0.25) is 0 Å². The Kier molecular flexibility index (Phi) is 4.73. The highest BCUT2D eigenvalue weighted by atomic mass is 19.1. The molecule has 112 valence electrons. The largest absolute Gasteiger partial charge is 0.388 e. The molecule has 2 rings (SSSR count). The van der Waals surface area contributed by atoms with Crippen LogP contribution < -0.4 is 5.32 Å². The lowest BCUT2D eigenvalue weighted by Gasteiger charge is -2.33. The van der Waals surface area contributed by atoms with Crippen molar-refractivity contribution in [1.82, 2.24) is 5.32 Å². The minimum absolute atomic E-state index is 0.281. The van der Waals surface area contributed by atoms with Crippen LogP contribution in [0.4, 0.5) is 8.78 Å². The summed E-state index contributed by atoms with van der Waals surface area (Å²) in [6.45, 7) is 4.69. The summed E-state index contributed by atoms with van der Waals surface area (Å²) >= 11 is 0. The third-order valence-corrected chi connectivity index (χ3v) is 3.91. The van der Waals surface area contributed by atoms with E-state index in [4.69, 9.17) is 4.74 Å². The third kappa shape index (κ3) is 3.53. The highest BCUT2D eigenvalue weighted by molar-refractivity contribution is 5.27. The van der Waals surface area contributed by atoms with E-state index in [2.05, 4.69) is 5.32 Å². The smallest absolute Gasteiger partial charge is 0.128 e. The molecule has 1 aromatic rings. The first-order valence-corrected chi connectivity index (χ1v) is 6.90. The van der Waals surface area contributed by atoms with Crippen LogP contribution in [0.1, 0.15) is 36.9 Å². The molecule has 2 N–H and O–H groups in total. The Bertz CT molecular complexity index is 473. The predicted octanol–water partition coefficient (Wildman–Crippen LogP) is 2.47. The van der Waals surface area contributed by atoms with E-state index in [1.165, 1.54) is 19.1 Å². The average Bonchev–Trinajstić information content (AvgIpc) is 2.41. The van der Waals surface area contributed by atoms with E-state index in [0.717, 1.165) is 0 Å². The zero-order valence-corrected chi connectivity index (χ0v) is 11.9. The normalized spacial score (nSPS) is 19.9. The zero-order chi connectivity index (χ0) is 14.8. The van der Waals surface area contributed by atoms with E-state index in [9.17, 15) is 13.9 Å². The predicted molar refractivity (Wildman–Crippen MR) is 72.5 cm³/mol. The molecule has 1 atom stereocenters. The second kappa shape index (κ2) is 6.16. The van der Waals surface area contributed by atoms with Crippen molar-refractivity contribution < 1.29 is 18.6 Å². The van der Waals surface area contributed by atoms with Gasteiger partial charge in [-0.1, -0.05) is 0 Å². The number of halogens is 2. The van der Waals surface area contributed by atoms with Crippen molar-refractivity contribution in [2.24, 2.45) is 0 Å². The molecule has 1 heterocycles. The molecule has 3 nitrogen and oxygen atoms in total. The SMILES string of the molecule is Cc1cc(F)c(C(C)NCC2(O)CCOCC2)cc1F. The van der Waals surface area contributed by atoms with Crippen LogP contribution in [-0.2, 0) is 4.74 Å². The van der Waals surface area contributed by atoms with Gasteiger partial charge in [0, 0.05) is 44.2 Å². The molecule has 5 heteroatoms. The van der Waals surface area contributed by atoms with E-state index < -0.39 is 17.2 Å². The molecular formula is C15H21F2NO2. The van der Waals surface area contributed by atoms with Gasteiger partial charge in [-0.3, -0.25) is 0 Å². The van der Waals surface area contributed by atoms with Crippen molar-refractivity contribution in [3.05, 3.63) is 34.9 Å². The zero-order valence-electron chi connectivity index (χ0n) is 11.9. The van der Waals surface area contributed by atoms with E-state index in [1.54, 1.807) is 6.92 Å². The Labute approximate surface area is 117 Å². The first-order chi connectivity index (χ1) is 9.41. The topological polar surface area (TPSA) is 41.5 Å². The van der Waals surface area contributed by atoms with Gasteiger partial charge in [0.15, 0.2) is 0 Å². The molecule has 0 saturated carbocycles. The van der Waals surface area contributed by atoms with E-state index in [1.807, 2.05) is 0 Å². The minimum Gasteiger partial charge on any atom is -0.388 e. The van der Waals surface area contributed by atoms with Gasteiger partial charge in [0.1, 0.15) is 11.6 Å². The lowest BCUT2D eigenvalue weighted by atomic mass is 9.93. The Morgan fingerprint density at radius 2 is 1.95 bits per heavy atom. The molecule has 1 aliphatic rings. The molecule has 0 radical (unpaired) electrons. The fourth-order valence-corrected chi connectivity index (χ4v) is 2.37. The van der Waals surface area contributed by atoms with E-state index >= 15 is 0 Å². The van der Waals surface area contributed by atoms with Gasteiger partial charge >= 0.3 is 0 Å². The summed E-state index contributed by atoms with van der Waals surface area (Å²) in [7, 11) is 0. The summed E-state index contributed by atoms with van der Waals surface area (Å²) in [5.41, 5.74) is -0.253. The Morgan fingerprint density at radius 1 is 1.30 bits per heavy atom. The van der Waals surface area contributed by atoms with Crippen LogP contribution in [0.5, 0.6) is 0 Å². The number of hydrogen-bond acceptors (Lipinski definition) is 3. The number of hydrogen-bond donors (Lipinski definition) is 2. The first-order valence-electron chi connectivity index (χ1n) is 6.90. The fourth-order valence-electron chi connectivity index (χ4n) is 2.37. The molecule has 1 aliphatic heterocycles. The molecule has 1 aromatic carbocycles. The van der Waals surface area contributed by atoms with Crippen molar-refractivity contribution in [2.75, 3.05) is 19.8 Å². The summed E-state index contributed by atoms with van der Waals surface area (Å²) in [5, 5.41) is 13.4. The minimum atomic E-state index is -0.827. The molecule has 0 spiro atoms. The average molecular weight is 285 g/mol. The van der Waals surface area contributed by atoms with Crippen LogP contribution in [0.15, 0.2) is 12.1 Å². The van der Waals surface area contributed by atoms with Crippen LogP contribution in [0.2, 0.25) is 0 Å². The Morgan fingerprint density at radius 3 is 2.60 bits per heavy atom. The Hall–Kier alpha value is -1.04. The highest BCUT2D eigenvalue weighted by Crippen LogP contribution is 2.23. The summed E-state index contributed by atoms with van der Waals surface area (Å²) in [5.74, 6) is -0.845. The molecule has 0 amide bonds. The molecule has 0 aromatic heterocycles. The van der Waals surface area contributed by atoms with Crippen molar-refractivity contribution in [3.63, 3.8) is 0 Å². The van der Waals surface area contributed by atoms with Gasteiger partial charge in [-0.15, -0.1) is 0 Å². The molecule has 0 aliphatic carbocycles. The molecular weight excluding hydrogens is 264 g/mol. The highest BCUT2D eigenvalue weighted by Gasteiger charge is 2.30. The van der Waals surface area contributed by atoms with Crippen LogP contribution >= 0.6 is 0 Å². The van der Waals surface area contributed by atoms with E-state index in [-0.39, 0.29) is 11.6 Å². The number of aliphatic hydroxyl groups is 1. The molecule has 0 bridgehead atoms. The third-order valence-electron chi connectivity index (χ3n) is 3.91. The van der Waals surface area contributed by atoms with Crippen molar-refractivity contribution in [3.8, 4) is 0 Å². The van der Waals surface area contributed by atoms with Gasteiger partial charge in [-0.2, -0.15) is 0 Å². The summed E-state index contributed by atoms with van der Waals surface area (Å²) in [6.07, 6.45) is 1.11. The molecule has 1 fully saturated rings. The van der Waals surface area contributed by atoms with Crippen LogP contribution in [0.3, 0.4) is 0 Å². The lowest BCUT2D eigenvalue weighted by Crippen LogP contribution is -2.45. The fraction of sp³-hybridized carbons (Fsp3) is 0.600. The monoisotopic (exact) mass is 285 g/mol. The maximum Gasteiger partial charge on any atom is 0.128 e. The number of rotatable bonds is 4. The van der Waals surface area contributed by atoms with Gasteiger partial charge in [-0.25, -0.2) is 8.78 Å². The molecule has 1 unspecified atom stereocenters. The van der Waals surface area contributed by atoms with Crippen molar-refractivity contribution >= 4 is 0 Å². The first kappa shape index (κ1) is 15.4. The molecule has 20 heavy (non-hydrogen) atoms. The quantitative estimate of drug-likeness (QED) is 0.893. The van der Waals surface area contributed by atoms with Crippen LogP contribution in [-0.4, -0.2) is 30.5 Å². The maximum absolute atomic E-state index is 13.9. The number of aryl methyl sites for hydroxylation is 1. The van der Waals surface area contributed by atoms with Crippen molar-refractivity contribution in [1.29, 1.82) is 0 Å². The number of nitrogens with one attached hydrogen (secondary N) is 1. The summed E-state index contributed by atoms with van der Waals surface area (Å²) < 4.78 is 32.6. The summed E-state index contributed by atoms with van der Waals surface area (Å²) in [4.78, 5) is 0. The van der Waals surface area contributed by atoms with Crippen molar-refractivity contribution in [2.45, 2.75) is 38.3 Å². The maximum atomic E-state index is 13.9. The number of benzene rings is 1. The van der Waals surface area contributed by atoms with Gasteiger partial charge in [0.05, 0.1) is 5.60 Å². The summed E-state index contributed by atoms with van der Waals surface area (Å²) in [6, 6.07) is 2.06. The van der Waals surface area contributed by atoms with Gasteiger partial charge in [0.25, 0.3) is 0 Å². The second-order valence-electron chi connectivity index (χ2n) is 5.56. The molecule has 1 saturated heterocycles. The van der Waals surface area contributed by atoms with Crippen LogP contribution in [0.25, 0.3) is 0 Å². The number of ether oxygens (including phenoxy) is 1. The van der Waals surface area contributed by atoms with E-state index in [0.29, 0.717) is 38.2 Å². The standard InChI is InChI=1S/C15H21F2NO2/c1-10-7-14(17)12(8-13(10)16)11(2)18-9-15(19)3-5-20-6-4-15/h7-8,11,18-19H,3-6,9H2,1-2H3. The van der Waals surface area contributed by atoms with Gasteiger partial charge in [-0.05, 0) is 31.5 Å². The second-order valence-corrected chi connectivity index (χ2v) is 5.56. The van der Waals surface area contributed by atoms with Gasteiger partial charge < -0.3 is 15.2 Å². The van der Waals surface area contributed by atoms with Crippen LogP contribution in [0, 0.1) is 18.6 Å². The Balaban J connectivity index is 2.01. The lowest BCUT2D eigenvalue weighted by molar-refractivity contribution is -0.0626.